The number of hydrogen-bond acceptors (Lipinski definition) is 1. The number of nitrogens with zero attached hydrogens (tertiary/aromatic N) is 1. The van der Waals surface area contributed by atoms with Crippen LogP contribution in [-0.4, -0.2) is 24.5 Å². The first-order valence-electron chi connectivity index (χ1n) is 8.54. The van der Waals surface area contributed by atoms with Crippen molar-refractivity contribution in [3.05, 3.63) is 71.3 Å². The zero-order valence-corrected chi connectivity index (χ0v) is 14.5. The zero-order chi connectivity index (χ0) is 16.5. The molecule has 0 heterocycles. The third-order valence-electron chi connectivity index (χ3n) is 4.31. The summed E-state index contributed by atoms with van der Waals surface area (Å²) in [5.74, 6) is 7.10. The first-order valence-corrected chi connectivity index (χ1v) is 8.54. The molecule has 0 radical (unpaired) electrons. The highest BCUT2D eigenvalue weighted by molar-refractivity contribution is 5.35. The maximum atomic E-state index is 3.40. The number of rotatable bonds is 6. The van der Waals surface area contributed by atoms with Gasteiger partial charge in [-0.25, -0.2) is 0 Å². The topological polar surface area (TPSA) is 3.24 Å². The molecular formula is C22H27N. The lowest BCUT2D eigenvalue weighted by atomic mass is 9.88. The van der Waals surface area contributed by atoms with Gasteiger partial charge in [0.2, 0.25) is 0 Å². The van der Waals surface area contributed by atoms with Crippen LogP contribution in [0.25, 0.3) is 0 Å². The van der Waals surface area contributed by atoms with Gasteiger partial charge >= 0.3 is 0 Å². The number of hydrogen-bond donors (Lipinski definition) is 0. The highest BCUT2D eigenvalue weighted by atomic mass is 15.1. The minimum atomic E-state index is 0.348. The third-order valence-corrected chi connectivity index (χ3v) is 4.31. The Labute approximate surface area is 141 Å². The quantitative estimate of drug-likeness (QED) is 0.689. The van der Waals surface area contributed by atoms with Crippen LogP contribution in [0, 0.1) is 18.8 Å². The van der Waals surface area contributed by atoms with E-state index >= 15 is 0 Å². The Hall–Kier alpha value is -2.04. The molecule has 0 aliphatic heterocycles. The Morgan fingerprint density at radius 3 is 2.04 bits per heavy atom. The highest BCUT2D eigenvalue weighted by Crippen LogP contribution is 2.27. The lowest BCUT2D eigenvalue weighted by molar-refractivity contribution is 0.342. The summed E-state index contributed by atoms with van der Waals surface area (Å²) in [5, 5.41) is 0. The first-order chi connectivity index (χ1) is 11.2. The van der Waals surface area contributed by atoms with Crippen LogP contribution in [0.1, 0.15) is 42.9 Å². The van der Waals surface area contributed by atoms with E-state index < -0.39 is 0 Å². The Kier molecular flexibility index (Phi) is 6.91. The van der Waals surface area contributed by atoms with Gasteiger partial charge in [0.15, 0.2) is 0 Å². The van der Waals surface area contributed by atoms with Gasteiger partial charge in [-0.05, 0) is 31.1 Å². The summed E-state index contributed by atoms with van der Waals surface area (Å²) >= 11 is 0. The van der Waals surface area contributed by atoms with Crippen LogP contribution >= 0.6 is 0 Å². The third kappa shape index (κ3) is 5.27. The minimum absolute atomic E-state index is 0.348. The van der Waals surface area contributed by atoms with Gasteiger partial charge in [-0.15, -0.1) is 5.92 Å². The van der Waals surface area contributed by atoms with Crippen molar-refractivity contribution in [2.75, 3.05) is 19.6 Å². The van der Waals surface area contributed by atoms with Gasteiger partial charge in [-0.2, -0.15) is 0 Å². The van der Waals surface area contributed by atoms with Crippen molar-refractivity contribution in [2.45, 2.75) is 33.1 Å². The second-order valence-electron chi connectivity index (χ2n) is 5.89. The van der Waals surface area contributed by atoms with Crippen LogP contribution < -0.4 is 0 Å². The van der Waals surface area contributed by atoms with Crippen molar-refractivity contribution in [1.82, 2.24) is 4.90 Å². The smallest absolute Gasteiger partial charge is 0.0601 e. The molecule has 0 N–H and O–H groups in total. The van der Waals surface area contributed by atoms with Crippen molar-refractivity contribution in [3.63, 3.8) is 0 Å². The van der Waals surface area contributed by atoms with Gasteiger partial charge in [-0.1, -0.05) is 79.9 Å². The van der Waals surface area contributed by atoms with E-state index in [-0.39, 0.29) is 0 Å². The monoisotopic (exact) mass is 305 g/mol. The Morgan fingerprint density at radius 2 is 1.43 bits per heavy atom. The first kappa shape index (κ1) is 17.3. The molecule has 0 bridgehead atoms. The second kappa shape index (κ2) is 9.18. The van der Waals surface area contributed by atoms with Crippen LogP contribution in [0.5, 0.6) is 0 Å². The van der Waals surface area contributed by atoms with Gasteiger partial charge < -0.3 is 0 Å². The number of aryl methyl sites for hydroxylation is 1. The van der Waals surface area contributed by atoms with Crippen molar-refractivity contribution in [1.29, 1.82) is 0 Å². The molecule has 0 unspecified atom stereocenters. The van der Waals surface area contributed by atoms with E-state index in [0.29, 0.717) is 5.92 Å². The zero-order valence-electron chi connectivity index (χ0n) is 14.5. The van der Waals surface area contributed by atoms with E-state index in [1.807, 2.05) is 0 Å². The SMILES string of the molecule is CCN(CC)CC#CC[C@H](c1ccccc1)c1ccc(C)cc1. The van der Waals surface area contributed by atoms with Gasteiger partial charge in [-0.3, -0.25) is 4.90 Å². The maximum absolute atomic E-state index is 3.40. The molecule has 0 aliphatic carbocycles. The molecule has 0 saturated carbocycles. The minimum Gasteiger partial charge on any atom is -0.293 e. The predicted octanol–water partition coefficient (Wildman–Crippen LogP) is 4.86. The molecule has 1 atom stereocenters. The van der Waals surface area contributed by atoms with E-state index in [1.165, 1.54) is 16.7 Å². The Bertz CT molecular complexity index is 627. The molecule has 2 aromatic carbocycles. The molecule has 0 aliphatic rings. The number of benzene rings is 2. The summed E-state index contributed by atoms with van der Waals surface area (Å²) in [7, 11) is 0. The molecule has 1 heteroatoms. The highest BCUT2D eigenvalue weighted by Gasteiger charge is 2.12. The lowest BCUT2D eigenvalue weighted by Crippen LogP contribution is -2.22. The summed E-state index contributed by atoms with van der Waals surface area (Å²) in [6.07, 6.45) is 0.869. The summed E-state index contributed by atoms with van der Waals surface area (Å²) < 4.78 is 0. The Balaban J connectivity index is 2.15. The molecule has 0 spiro atoms. The Morgan fingerprint density at radius 1 is 0.826 bits per heavy atom. The average molecular weight is 305 g/mol. The van der Waals surface area contributed by atoms with Crippen molar-refractivity contribution >= 4 is 0 Å². The van der Waals surface area contributed by atoms with Gasteiger partial charge in [0, 0.05) is 12.3 Å². The average Bonchev–Trinajstić information content (AvgIpc) is 2.60. The molecule has 2 aromatic rings. The lowest BCUT2D eigenvalue weighted by Gasteiger charge is -2.16. The van der Waals surface area contributed by atoms with E-state index in [4.69, 9.17) is 0 Å². The fourth-order valence-electron chi connectivity index (χ4n) is 2.70. The van der Waals surface area contributed by atoms with E-state index in [9.17, 15) is 0 Å². The molecule has 2 rings (SSSR count). The fraction of sp³-hybridized carbons (Fsp3) is 0.364. The van der Waals surface area contributed by atoms with Crippen molar-refractivity contribution < 1.29 is 0 Å². The van der Waals surface area contributed by atoms with Gasteiger partial charge in [0.1, 0.15) is 0 Å². The normalized spacial score (nSPS) is 11.8. The molecule has 0 fully saturated rings. The molecule has 0 amide bonds. The van der Waals surface area contributed by atoms with Crippen LogP contribution in [0.15, 0.2) is 54.6 Å². The van der Waals surface area contributed by atoms with Crippen molar-refractivity contribution in [2.24, 2.45) is 0 Å². The van der Waals surface area contributed by atoms with Crippen LogP contribution in [0.2, 0.25) is 0 Å². The van der Waals surface area contributed by atoms with Gasteiger partial charge in [0.25, 0.3) is 0 Å². The van der Waals surface area contributed by atoms with E-state index in [1.54, 1.807) is 0 Å². The second-order valence-corrected chi connectivity index (χ2v) is 5.89. The standard InChI is InChI=1S/C22H27N/c1-4-23(5-2)18-10-9-13-22(20-11-7-6-8-12-20)21-16-14-19(3)15-17-21/h6-8,11-12,14-17,22H,4-5,13,18H2,1-3H3/t22-/m1/s1. The predicted molar refractivity (Wildman–Crippen MR) is 99.6 cm³/mol. The van der Waals surface area contributed by atoms with Crippen molar-refractivity contribution in [3.8, 4) is 11.8 Å². The molecular weight excluding hydrogens is 278 g/mol. The largest absolute Gasteiger partial charge is 0.293 e. The summed E-state index contributed by atoms with van der Waals surface area (Å²) in [4.78, 5) is 2.34. The van der Waals surface area contributed by atoms with Crippen LogP contribution in [-0.2, 0) is 0 Å². The maximum Gasteiger partial charge on any atom is 0.0601 e. The molecule has 0 saturated heterocycles. The summed E-state index contributed by atoms with van der Waals surface area (Å²) in [6.45, 7) is 9.48. The summed E-state index contributed by atoms with van der Waals surface area (Å²) in [5.41, 5.74) is 3.99. The van der Waals surface area contributed by atoms with Crippen LogP contribution in [0.4, 0.5) is 0 Å². The molecule has 23 heavy (non-hydrogen) atoms. The van der Waals surface area contributed by atoms with E-state index in [0.717, 1.165) is 26.1 Å². The van der Waals surface area contributed by atoms with E-state index in [2.05, 4.69) is 92.1 Å². The molecule has 0 aromatic heterocycles. The van der Waals surface area contributed by atoms with Gasteiger partial charge in [0.05, 0.1) is 6.54 Å². The molecule has 120 valence electrons. The van der Waals surface area contributed by atoms with Crippen LogP contribution in [0.3, 0.4) is 0 Å². The molecule has 1 nitrogen and oxygen atoms in total. The summed E-state index contributed by atoms with van der Waals surface area (Å²) in [6, 6.07) is 19.6. The fourth-order valence-corrected chi connectivity index (χ4v) is 2.70.